The molecule has 1 aromatic carbocycles. The molecule has 0 saturated carbocycles. The lowest BCUT2D eigenvalue weighted by Crippen LogP contribution is -2.02. The number of anilines is 1. The molecule has 2 rings (SSSR count). The van der Waals surface area contributed by atoms with Crippen molar-refractivity contribution in [3.8, 4) is 5.75 Å². The Kier molecular flexibility index (Phi) is 3.87. The molecule has 2 aromatic rings. The second kappa shape index (κ2) is 5.58. The van der Waals surface area contributed by atoms with Gasteiger partial charge in [-0.1, -0.05) is 12.1 Å². The highest BCUT2D eigenvalue weighted by atomic mass is 16.5. The van der Waals surface area contributed by atoms with E-state index in [4.69, 9.17) is 4.74 Å². The van der Waals surface area contributed by atoms with Crippen molar-refractivity contribution in [3.05, 3.63) is 41.6 Å². The number of nitrogens with zero attached hydrogens (tertiary/aromatic N) is 2. The van der Waals surface area contributed by atoms with E-state index in [9.17, 15) is 0 Å². The molecule has 4 nitrogen and oxygen atoms in total. The minimum atomic E-state index is 0.699. The number of benzene rings is 1. The Morgan fingerprint density at radius 2 is 2.00 bits per heavy atom. The predicted octanol–water partition coefficient (Wildman–Crippen LogP) is 2.74. The van der Waals surface area contributed by atoms with Crippen LogP contribution >= 0.6 is 0 Å². The first-order chi connectivity index (χ1) is 8.69. The molecule has 0 atom stereocenters. The fraction of sp³-hybridized carbons (Fsp3) is 0.357. The first kappa shape index (κ1) is 12.5. The Bertz CT molecular complexity index is 502. The Balaban J connectivity index is 1.95. The molecule has 0 radical (unpaired) electrons. The van der Waals surface area contributed by atoms with E-state index >= 15 is 0 Å². The molecule has 1 heterocycles. The van der Waals surface area contributed by atoms with Crippen LogP contribution in [0.2, 0.25) is 0 Å². The van der Waals surface area contributed by atoms with Crippen LogP contribution in [-0.2, 0) is 13.6 Å². The second-order valence-corrected chi connectivity index (χ2v) is 4.26. The maximum atomic E-state index is 5.41. The summed E-state index contributed by atoms with van der Waals surface area (Å²) in [4.78, 5) is 0. The average molecular weight is 245 g/mol. The minimum Gasteiger partial charge on any atom is -0.494 e. The Morgan fingerprint density at radius 1 is 1.28 bits per heavy atom. The van der Waals surface area contributed by atoms with E-state index in [0.717, 1.165) is 23.7 Å². The lowest BCUT2D eigenvalue weighted by atomic mass is 10.2. The molecule has 0 amide bonds. The summed E-state index contributed by atoms with van der Waals surface area (Å²) in [5, 5.41) is 7.68. The van der Waals surface area contributed by atoms with Gasteiger partial charge in [0.2, 0.25) is 0 Å². The summed E-state index contributed by atoms with van der Waals surface area (Å²) in [6, 6.07) is 8.12. The first-order valence-electron chi connectivity index (χ1n) is 6.15. The third kappa shape index (κ3) is 3.03. The lowest BCUT2D eigenvalue weighted by molar-refractivity contribution is 0.340. The van der Waals surface area contributed by atoms with E-state index in [-0.39, 0.29) is 0 Å². The highest BCUT2D eigenvalue weighted by Crippen LogP contribution is 2.15. The number of aryl methyl sites for hydroxylation is 2. The van der Waals surface area contributed by atoms with Crippen molar-refractivity contribution in [2.45, 2.75) is 20.4 Å². The van der Waals surface area contributed by atoms with E-state index in [0.29, 0.717) is 6.61 Å². The Morgan fingerprint density at radius 3 is 2.56 bits per heavy atom. The lowest BCUT2D eigenvalue weighted by Gasteiger charge is -2.06. The van der Waals surface area contributed by atoms with Crippen LogP contribution in [0.3, 0.4) is 0 Å². The number of rotatable bonds is 5. The number of nitrogens with one attached hydrogen (secondary N) is 1. The van der Waals surface area contributed by atoms with Crippen molar-refractivity contribution in [2.75, 3.05) is 11.9 Å². The van der Waals surface area contributed by atoms with Crippen LogP contribution in [0.15, 0.2) is 30.5 Å². The SMILES string of the molecule is CCOc1ccc(CNc2nn(C)cc2C)cc1. The van der Waals surface area contributed by atoms with Crippen LogP contribution in [0.1, 0.15) is 18.1 Å². The Labute approximate surface area is 108 Å². The molecule has 0 fully saturated rings. The van der Waals surface area contributed by atoms with Gasteiger partial charge in [-0.15, -0.1) is 0 Å². The summed E-state index contributed by atoms with van der Waals surface area (Å²) in [6.45, 7) is 5.50. The molecule has 0 spiro atoms. The number of aromatic nitrogens is 2. The van der Waals surface area contributed by atoms with Crippen molar-refractivity contribution in [3.63, 3.8) is 0 Å². The molecule has 96 valence electrons. The molecule has 18 heavy (non-hydrogen) atoms. The van der Waals surface area contributed by atoms with Crippen LogP contribution in [0.4, 0.5) is 5.82 Å². The summed E-state index contributed by atoms with van der Waals surface area (Å²) in [5.41, 5.74) is 2.37. The summed E-state index contributed by atoms with van der Waals surface area (Å²) in [6.07, 6.45) is 2.00. The normalized spacial score (nSPS) is 10.4. The van der Waals surface area contributed by atoms with Gasteiger partial charge in [0.15, 0.2) is 5.82 Å². The van der Waals surface area contributed by atoms with Crippen LogP contribution in [0.5, 0.6) is 5.75 Å². The average Bonchev–Trinajstić information content (AvgIpc) is 2.67. The van der Waals surface area contributed by atoms with Crippen molar-refractivity contribution in [1.82, 2.24) is 9.78 Å². The van der Waals surface area contributed by atoms with Crippen molar-refractivity contribution in [1.29, 1.82) is 0 Å². The van der Waals surface area contributed by atoms with Crippen LogP contribution in [0, 0.1) is 6.92 Å². The number of hydrogen-bond donors (Lipinski definition) is 1. The molecular weight excluding hydrogens is 226 g/mol. The van der Waals surface area contributed by atoms with Gasteiger partial charge < -0.3 is 10.1 Å². The van der Waals surface area contributed by atoms with Crippen LogP contribution < -0.4 is 10.1 Å². The van der Waals surface area contributed by atoms with Crippen molar-refractivity contribution in [2.24, 2.45) is 7.05 Å². The molecule has 4 heteroatoms. The number of ether oxygens (including phenoxy) is 1. The van der Waals surface area contributed by atoms with Gasteiger partial charge in [-0.3, -0.25) is 4.68 Å². The highest BCUT2D eigenvalue weighted by molar-refractivity contribution is 5.42. The molecular formula is C14H19N3O. The van der Waals surface area contributed by atoms with E-state index in [2.05, 4.69) is 22.5 Å². The van der Waals surface area contributed by atoms with Crippen molar-refractivity contribution >= 4 is 5.82 Å². The van der Waals surface area contributed by atoms with Gasteiger partial charge >= 0.3 is 0 Å². The zero-order valence-corrected chi connectivity index (χ0v) is 11.1. The van der Waals surface area contributed by atoms with E-state index < -0.39 is 0 Å². The van der Waals surface area contributed by atoms with Crippen molar-refractivity contribution < 1.29 is 4.74 Å². The van der Waals surface area contributed by atoms with Gasteiger partial charge in [0.1, 0.15) is 5.75 Å². The standard InChI is InChI=1S/C14H19N3O/c1-4-18-13-7-5-12(6-8-13)9-15-14-11(2)10-17(3)16-14/h5-8,10H,4,9H2,1-3H3,(H,15,16). The van der Waals surface area contributed by atoms with E-state index in [1.54, 1.807) is 0 Å². The Hall–Kier alpha value is -1.97. The maximum Gasteiger partial charge on any atom is 0.151 e. The smallest absolute Gasteiger partial charge is 0.151 e. The van der Waals surface area contributed by atoms with Gasteiger partial charge in [0, 0.05) is 25.4 Å². The largest absolute Gasteiger partial charge is 0.494 e. The first-order valence-corrected chi connectivity index (χ1v) is 6.15. The van der Waals surface area contributed by atoms with E-state index in [1.807, 2.05) is 43.9 Å². The molecule has 0 aliphatic carbocycles. The second-order valence-electron chi connectivity index (χ2n) is 4.26. The number of hydrogen-bond acceptors (Lipinski definition) is 3. The quantitative estimate of drug-likeness (QED) is 0.880. The molecule has 0 unspecified atom stereocenters. The summed E-state index contributed by atoms with van der Waals surface area (Å²) in [7, 11) is 1.93. The van der Waals surface area contributed by atoms with Crippen LogP contribution in [0.25, 0.3) is 0 Å². The molecule has 1 N–H and O–H groups in total. The van der Waals surface area contributed by atoms with Gasteiger partial charge in [0.05, 0.1) is 6.61 Å². The zero-order chi connectivity index (χ0) is 13.0. The van der Waals surface area contributed by atoms with Gasteiger partial charge in [-0.25, -0.2) is 0 Å². The minimum absolute atomic E-state index is 0.699. The molecule has 0 saturated heterocycles. The highest BCUT2D eigenvalue weighted by Gasteiger charge is 2.02. The molecule has 1 aromatic heterocycles. The monoisotopic (exact) mass is 245 g/mol. The van der Waals surface area contributed by atoms with Gasteiger partial charge in [-0.2, -0.15) is 5.10 Å². The molecule has 0 aliphatic rings. The fourth-order valence-electron chi connectivity index (χ4n) is 1.84. The molecule has 0 bridgehead atoms. The molecule has 0 aliphatic heterocycles. The topological polar surface area (TPSA) is 39.1 Å². The summed E-state index contributed by atoms with van der Waals surface area (Å²) >= 11 is 0. The van der Waals surface area contributed by atoms with Crippen LogP contribution in [-0.4, -0.2) is 16.4 Å². The summed E-state index contributed by atoms with van der Waals surface area (Å²) in [5.74, 6) is 1.85. The predicted molar refractivity (Wildman–Crippen MR) is 72.9 cm³/mol. The third-order valence-corrected chi connectivity index (χ3v) is 2.71. The van der Waals surface area contributed by atoms with E-state index in [1.165, 1.54) is 5.56 Å². The summed E-state index contributed by atoms with van der Waals surface area (Å²) < 4.78 is 7.23. The fourth-order valence-corrected chi connectivity index (χ4v) is 1.84. The van der Waals surface area contributed by atoms with Gasteiger partial charge in [0.25, 0.3) is 0 Å². The zero-order valence-electron chi connectivity index (χ0n) is 11.1. The third-order valence-electron chi connectivity index (χ3n) is 2.71. The maximum absolute atomic E-state index is 5.41. The van der Waals surface area contributed by atoms with Gasteiger partial charge in [-0.05, 0) is 31.5 Å².